The van der Waals surface area contributed by atoms with Crippen LogP contribution in [0.25, 0.3) is 0 Å². The van der Waals surface area contributed by atoms with Crippen molar-refractivity contribution < 1.29 is 5.11 Å². The van der Waals surface area contributed by atoms with E-state index in [2.05, 4.69) is 63.2 Å². The molecule has 2 rings (SSSR count). The molecule has 19 heavy (non-hydrogen) atoms. The Bertz CT molecular complexity index is 525. The molecule has 1 unspecified atom stereocenters. The lowest BCUT2D eigenvalue weighted by Gasteiger charge is -2.12. The number of thioether (sulfide) groups is 1. The molecule has 1 nitrogen and oxygen atoms in total. The highest BCUT2D eigenvalue weighted by molar-refractivity contribution is 7.99. The molecule has 0 amide bonds. The molecule has 0 spiro atoms. The first-order valence-corrected chi connectivity index (χ1v) is 7.49. The highest BCUT2D eigenvalue weighted by Gasteiger charge is 2.09. The fourth-order valence-corrected chi connectivity index (χ4v) is 2.98. The fourth-order valence-electron chi connectivity index (χ4n) is 2.11. The van der Waals surface area contributed by atoms with Crippen LogP contribution >= 0.6 is 11.8 Å². The monoisotopic (exact) mass is 272 g/mol. The van der Waals surface area contributed by atoms with Crippen molar-refractivity contribution in [3.05, 3.63) is 64.7 Å². The number of rotatable bonds is 4. The summed E-state index contributed by atoms with van der Waals surface area (Å²) >= 11 is 1.69. The number of aliphatic hydroxyl groups excluding tert-OH is 1. The van der Waals surface area contributed by atoms with Crippen LogP contribution in [0.4, 0.5) is 0 Å². The van der Waals surface area contributed by atoms with Gasteiger partial charge in [0, 0.05) is 10.6 Å². The number of aryl methyl sites for hydroxylation is 3. The molecule has 0 aliphatic carbocycles. The molecule has 0 radical (unpaired) electrons. The molecule has 0 saturated heterocycles. The molecule has 0 aromatic heterocycles. The summed E-state index contributed by atoms with van der Waals surface area (Å²) < 4.78 is 0. The Morgan fingerprint density at radius 1 is 0.895 bits per heavy atom. The van der Waals surface area contributed by atoms with Gasteiger partial charge in [0.2, 0.25) is 0 Å². The predicted octanol–water partition coefficient (Wildman–Crippen LogP) is 4.44. The van der Waals surface area contributed by atoms with E-state index in [-0.39, 0.29) is 0 Å². The second kappa shape index (κ2) is 6.27. The zero-order valence-electron chi connectivity index (χ0n) is 11.7. The highest BCUT2D eigenvalue weighted by Crippen LogP contribution is 2.26. The highest BCUT2D eigenvalue weighted by atomic mass is 32.2. The first-order valence-electron chi connectivity index (χ1n) is 6.50. The quantitative estimate of drug-likeness (QED) is 0.830. The molecule has 1 atom stereocenters. The Morgan fingerprint density at radius 2 is 1.47 bits per heavy atom. The molecular formula is C17H20OS. The zero-order valence-corrected chi connectivity index (χ0v) is 12.5. The van der Waals surface area contributed by atoms with Crippen molar-refractivity contribution in [3.8, 4) is 0 Å². The summed E-state index contributed by atoms with van der Waals surface area (Å²) in [6.07, 6.45) is -0.412. The van der Waals surface area contributed by atoms with Gasteiger partial charge in [-0.1, -0.05) is 47.0 Å². The number of hydrogen-bond donors (Lipinski definition) is 1. The van der Waals surface area contributed by atoms with Crippen molar-refractivity contribution in [3.63, 3.8) is 0 Å². The molecule has 0 aliphatic heterocycles. The van der Waals surface area contributed by atoms with Crippen LogP contribution in [0, 0.1) is 20.8 Å². The van der Waals surface area contributed by atoms with Crippen LogP contribution in [0.1, 0.15) is 28.4 Å². The minimum atomic E-state index is -0.412. The van der Waals surface area contributed by atoms with Gasteiger partial charge in [-0.05, 0) is 38.5 Å². The van der Waals surface area contributed by atoms with Crippen LogP contribution in [-0.2, 0) is 0 Å². The molecule has 2 aromatic carbocycles. The van der Waals surface area contributed by atoms with Gasteiger partial charge in [-0.3, -0.25) is 0 Å². The summed E-state index contributed by atoms with van der Waals surface area (Å²) in [5, 5.41) is 10.3. The average Bonchev–Trinajstić information content (AvgIpc) is 2.36. The summed E-state index contributed by atoms with van der Waals surface area (Å²) in [7, 11) is 0. The van der Waals surface area contributed by atoms with Crippen molar-refractivity contribution >= 4 is 11.8 Å². The molecule has 2 aromatic rings. The van der Waals surface area contributed by atoms with Crippen LogP contribution in [0.5, 0.6) is 0 Å². The van der Waals surface area contributed by atoms with E-state index in [0.717, 1.165) is 5.56 Å². The lowest BCUT2D eigenvalue weighted by Crippen LogP contribution is -2.01. The van der Waals surface area contributed by atoms with Gasteiger partial charge >= 0.3 is 0 Å². The summed E-state index contributed by atoms with van der Waals surface area (Å²) in [5.41, 5.74) is 4.68. The lowest BCUT2D eigenvalue weighted by atomic mass is 10.0. The Labute approximate surface area is 119 Å². The first kappa shape index (κ1) is 14.2. The van der Waals surface area contributed by atoms with E-state index < -0.39 is 6.10 Å². The second-order valence-electron chi connectivity index (χ2n) is 5.06. The van der Waals surface area contributed by atoms with Gasteiger partial charge in [-0.2, -0.15) is 0 Å². The predicted molar refractivity (Wildman–Crippen MR) is 82.8 cm³/mol. The van der Waals surface area contributed by atoms with E-state index >= 15 is 0 Å². The maximum Gasteiger partial charge on any atom is 0.0884 e. The minimum Gasteiger partial charge on any atom is -0.388 e. The zero-order chi connectivity index (χ0) is 13.8. The third kappa shape index (κ3) is 4.12. The van der Waals surface area contributed by atoms with Crippen molar-refractivity contribution in [2.24, 2.45) is 0 Å². The lowest BCUT2D eigenvalue weighted by molar-refractivity contribution is 0.204. The molecule has 0 saturated carbocycles. The summed E-state index contributed by atoms with van der Waals surface area (Å²) in [6, 6.07) is 14.7. The van der Waals surface area contributed by atoms with Crippen molar-refractivity contribution in [1.29, 1.82) is 0 Å². The summed E-state index contributed by atoms with van der Waals surface area (Å²) in [6.45, 7) is 6.21. The van der Waals surface area contributed by atoms with Gasteiger partial charge in [0.25, 0.3) is 0 Å². The largest absolute Gasteiger partial charge is 0.388 e. The molecule has 1 N–H and O–H groups in total. The molecular weight excluding hydrogens is 252 g/mol. The van der Waals surface area contributed by atoms with Gasteiger partial charge in [0.15, 0.2) is 0 Å². The van der Waals surface area contributed by atoms with E-state index in [4.69, 9.17) is 0 Å². The van der Waals surface area contributed by atoms with E-state index in [9.17, 15) is 5.11 Å². The SMILES string of the molecule is Cc1ccc(SCC(O)c2cc(C)cc(C)c2)cc1. The normalized spacial score (nSPS) is 12.4. The smallest absolute Gasteiger partial charge is 0.0884 e. The van der Waals surface area contributed by atoms with Gasteiger partial charge in [0.1, 0.15) is 0 Å². The van der Waals surface area contributed by atoms with Crippen LogP contribution < -0.4 is 0 Å². The third-order valence-electron chi connectivity index (χ3n) is 3.06. The number of aliphatic hydroxyl groups is 1. The minimum absolute atomic E-state index is 0.412. The Morgan fingerprint density at radius 3 is 2.05 bits per heavy atom. The van der Waals surface area contributed by atoms with E-state index in [1.54, 1.807) is 11.8 Å². The van der Waals surface area contributed by atoms with Gasteiger partial charge in [-0.25, -0.2) is 0 Å². The first-order chi connectivity index (χ1) is 9.04. The molecule has 0 aliphatic rings. The van der Waals surface area contributed by atoms with Crippen molar-refractivity contribution in [2.45, 2.75) is 31.8 Å². The van der Waals surface area contributed by atoms with Crippen LogP contribution in [0.2, 0.25) is 0 Å². The van der Waals surface area contributed by atoms with E-state index in [0.29, 0.717) is 5.75 Å². The molecule has 2 heteroatoms. The topological polar surface area (TPSA) is 20.2 Å². The molecule has 0 fully saturated rings. The summed E-state index contributed by atoms with van der Waals surface area (Å²) in [4.78, 5) is 1.20. The standard InChI is InChI=1S/C17H20OS/c1-12-4-6-16(7-5-12)19-11-17(18)15-9-13(2)8-14(3)10-15/h4-10,17-18H,11H2,1-3H3. The Hall–Kier alpha value is -1.25. The van der Waals surface area contributed by atoms with Gasteiger partial charge in [-0.15, -0.1) is 11.8 Å². The van der Waals surface area contributed by atoms with Crippen LogP contribution in [0.15, 0.2) is 47.4 Å². The third-order valence-corrected chi connectivity index (χ3v) is 4.15. The van der Waals surface area contributed by atoms with Gasteiger partial charge < -0.3 is 5.11 Å². The Kier molecular flexibility index (Phi) is 4.67. The Balaban J connectivity index is 2.00. The van der Waals surface area contributed by atoms with Crippen molar-refractivity contribution in [1.82, 2.24) is 0 Å². The maximum absolute atomic E-state index is 10.3. The van der Waals surface area contributed by atoms with E-state index in [1.807, 2.05) is 0 Å². The number of benzene rings is 2. The fraction of sp³-hybridized carbons (Fsp3) is 0.294. The summed E-state index contributed by atoms with van der Waals surface area (Å²) in [5.74, 6) is 0.686. The van der Waals surface area contributed by atoms with Crippen LogP contribution in [-0.4, -0.2) is 10.9 Å². The number of hydrogen-bond acceptors (Lipinski definition) is 2. The second-order valence-corrected chi connectivity index (χ2v) is 6.15. The molecule has 100 valence electrons. The molecule has 0 bridgehead atoms. The maximum atomic E-state index is 10.3. The van der Waals surface area contributed by atoms with Crippen LogP contribution in [0.3, 0.4) is 0 Å². The average molecular weight is 272 g/mol. The van der Waals surface area contributed by atoms with Crippen molar-refractivity contribution in [2.75, 3.05) is 5.75 Å². The molecule has 0 heterocycles. The van der Waals surface area contributed by atoms with E-state index in [1.165, 1.54) is 21.6 Å². The van der Waals surface area contributed by atoms with Gasteiger partial charge in [0.05, 0.1) is 6.10 Å².